The van der Waals surface area contributed by atoms with Crippen molar-refractivity contribution in [2.24, 2.45) is 0 Å². The summed E-state index contributed by atoms with van der Waals surface area (Å²) >= 11 is 0. The van der Waals surface area contributed by atoms with Crippen molar-refractivity contribution in [3.05, 3.63) is 83.6 Å². The van der Waals surface area contributed by atoms with E-state index in [0.717, 1.165) is 24.0 Å². The molecule has 0 heterocycles. The summed E-state index contributed by atoms with van der Waals surface area (Å²) in [5, 5.41) is 15.8. The van der Waals surface area contributed by atoms with Gasteiger partial charge in [-0.2, -0.15) is 5.26 Å². The highest BCUT2D eigenvalue weighted by atomic mass is 16.1. The van der Waals surface area contributed by atoms with E-state index in [9.17, 15) is 10.1 Å². The van der Waals surface area contributed by atoms with Crippen molar-refractivity contribution in [1.82, 2.24) is 10.6 Å². The molecule has 4 nitrogen and oxygen atoms in total. The van der Waals surface area contributed by atoms with Crippen LogP contribution in [0.15, 0.2) is 72.4 Å². The Morgan fingerprint density at radius 3 is 1.96 bits per heavy atom. The van der Waals surface area contributed by atoms with E-state index in [2.05, 4.69) is 16.7 Å². The Balaban J connectivity index is 1.74. The van der Waals surface area contributed by atoms with Gasteiger partial charge in [-0.3, -0.25) is 4.79 Å². The molecule has 1 amide bonds. The molecule has 0 radical (unpaired) electrons. The maximum Gasteiger partial charge on any atom is 0.264 e. The fraction of sp³-hybridized carbons (Fsp3) is 0.333. The predicted octanol–water partition coefficient (Wildman–Crippen LogP) is 4.61. The van der Waals surface area contributed by atoms with Gasteiger partial charge < -0.3 is 10.6 Å². The zero-order valence-corrected chi connectivity index (χ0v) is 16.1. The normalized spacial score (nSPS) is 15.5. The van der Waals surface area contributed by atoms with Crippen molar-refractivity contribution in [3.8, 4) is 6.07 Å². The van der Waals surface area contributed by atoms with Crippen LogP contribution in [0.25, 0.3) is 0 Å². The molecule has 2 aromatic rings. The van der Waals surface area contributed by atoms with Gasteiger partial charge >= 0.3 is 0 Å². The molecule has 1 aliphatic carbocycles. The Kier molecular flexibility index (Phi) is 7.26. The Morgan fingerprint density at radius 2 is 1.46 bits per heavy atom. The van der Waals surface area contributed by atoms with Gasteiger partial charge in [0.25, 0.3) is 5.91 Å². The Morgan fingerprint density at radius 1 is 0.929 bits per heavy atom. The molecular weight excluding hydrogens is 346 g/mol. The number of hydrogen-bond acceptors (Lipinski definition) is 3. The van der Waals surface area contributed by atoms with Crippen LogP contribution < -0.4 is 10.6 Å². The van der Waals surface area contributed by atoms with Gasteiger partial charge in [0.15, 0.2) is 0 Å². The van der Waals surface area contributed by atoms with Gasteiger partial charge in [0, 0.05) is 12.2 Å². The number of rotatable bonds is 6. The summed E-state index contributed by atoms with van der Waals surface area (Å²) in [4.78, 5) is 12.8. The zero-order valence-electron chi connectivity index (χ0n) is 16.1. The Hall–Kier alpha value is -3.06. The third-order valence-corrected chi connectivity index (χ3v) is 5.22. The van der Waals surface area contributed by atoms with Crippen LogP contribution in [0.4, 0.5) is 0 Å². The fourth-order valence-corrected chi connectivity index (χ4v) is 3.65. The summed E-state index contributed by atoms with van der Waals surface area (Å²) in [5.41, 5.74) is 2.08. The van der Waals surface area contributed by atoms with E-state index in [-0.39, 0.29) is 17.5 Å². The van der Waals surface area contributed by atoms with Gasteiger partial charge in [0.2, 0.25) is 0 Å². The molecule has 0 unspecified atom stereocenters. The average Bonchev–Trinajstić information content (AvgIpc) is 3.02. The number of nitrogens with zero attached hydrogens (tertiary/aromatic N) is 1. The van der Waals surface area contributed by atoms with Crippen LogP contribution in [0.3, 0.4) is 0 Å². The topological polar surface area (TPSA) is 64.9 Å². The van der Waals surface area contributed by atoms with Crippen molar-refractivity contribution >= 4 is 5.91 Å². The minimum absolute atomic E-state index is 0.112. The van der Waals surface area contributed by atoms with E-state index < -0.39 is 0 Å². The highest BCUT2D eigenvalue weighted by molar-refractivity contribution is 5.97. The maximum absolute atomic E-state index is 12.8. The van der Waals surface area contributed by atoms with Gasteiger partial charge in [-0.1, -0.05) is 86.3 Å². The molecule has 2 aromatic carbocycles. The largest absolute Gasteiger partial charge is 0.387 e. The molecule has 0 spiro atoms. The maximum atomic E-state index is 12.8. The second kappa shape index (κ2) is 10.3. The lowest BCUT2D eigenvalue weighted by Crippen LogP contribution is -2.32. The van der Waals surface area contributed by atoms with E-state index in [1.807, 2.05) is 60.7 Å². The Labute approximate surface area is 167 Å². The first-order chi connectivity index (χ1) is 13.8. The molecule has 2 N–H and O–H groups in total. The third kappa shape index (κ3) is 5.47. The third-order valence-electron chi connectivity index (χ3n) is 5.22. The van der Waals surface area contributed by atoms with E-state index in [4.69, 9.17) is 0 Å². The summed E-state index contributed by atoms with van der Waals surface area (Å²) in [6.07, 6.45) is 8.71. The first kappa shape index (κ1) is 19.7. The summed E-state index contributed by atoms with van der Waals surface area (Å²) < 4.78 is 0. The van der Waals surface area contributed by atoms with Crippen molar-refractivity contribution in [2.75, 3.05) is 0 Å². The van der Waals surface area contributed by atoms with E-state index >= 15 is 0 Å². The number of nitrogens with one attached hydrogen (secondary N) is 2. The molecule has 0 atom stereocenters. The summed E-state index contributed by atoms with van der Waals surface area (Å²) in [5.74, 6) is -0.360. The van der Waals surface area contributed by atoms with Gasteiger partial charge in [0.05, 0.1) is 6.04 Å². The molecule has 1 saturated carbocycles. The average molecular weight is 374 g/mol. The van der Waals surface area contributed by atoms with E-state index in [0.29, 0.717) is 6.04 Å². The first-order valence-electron chi connectivity index (χ1n) is 10.0. The highest BCUT2D eigenvalue weighted by Crippen LogP contribution is 2.22. The minimum atomic E-state index is -0.360. The summed E-state index contributed by atoms with van der Waals surface area (Å²) in [7, 11) is 0. The molecule has 0 saturated heterocycles. The lowest BCUT2D eigenvalue weighted by molar-refractivity contribution is -0.117. The quantitative estimate of drug-likeness (QED) is 0.441. The summed E-state index contributed by atoms with van der Waals surface area (Å²) in [6.45, 7) is 0. The van der Waals surface area contributed by atoms with Gasteiger partial charge in [-0.15, -0.1) is 0 Å². The monoisotopic (exact) mass is 373 g/mol. The smallest absolute Gasteiger partial charge is 0.264 e. The molecule has 4 heteroatoms. The van der Waals surface area contributed by atoms with Crippen molar-refractivity contribution < 1.29 is 4.79 Å². The number of benzene rings is 2. The first-order valence-corrected chi connectivity index (χ1v) is 10.0. The second-order valence-electron chi connectivity index (χ2n) is 7.25. The second-order valence-corrected chi connectivity index (χ2v) is 7.25. The van der Waals surface area contributed by atoms with Crippen molar-refractivity contribution in [1.29, 1.82) is 5.26 Å². The zero-order chi connectivity index (χ0) is 19.6. The van der Waals surface area contributed by atoms with Gasteiger partial charge in [-0.25, -0.2) is 0 Å². The molecule has 0 aromatic heterocycles. The molecule has 144 valence electrons. The highest BCUT2D eigenvalue weighted by Gasteiger charge is 2.19. The van der Waals surface area contributed by atoms with Crippen LogP contribution in [-0.2, 0) is 4.79 Å². The SMILES string of the molecule is N#C/C(=C/NC1CCCCCC1)C(=O)NC(c1ccccc1)c1ccccc1. The molecule has 1 fully saturated rings. The number of nitriles is 1. The number of amides is 1. The Bertz CT molecular complexity index is 776. The lowest BCUT2D eigenvalue weighted by atomic mass is 9.98. The van der Waals surface area contributed by atoms with Gasteiger partial charge in [-0.05, 0) is 24.0 Å². The number of carbonyl (C=O) groups is 1. The van der Waals surface area contributed by atoms with Gasteiger partial charge in [0.1, 0.15) is 11.6 Å². The minimum Gasteiger partial charge on any atom is -0.387 e. The van der Waals surface area contributed by atoms with Crippen LogP contribution in [-0.4, -0.2) is 11.9 Å². The standard InChI is InChI=1S/C24H27N3O/c25-17-21(18-26-22-15-9-1-2-10-16-22)24(28)27-23(19-11-5-3-6-12-19)20-13-7-4-8-14-20/h3-8,11-14,18,22-23,26H,1-2,9-10,15-16H2,(H,27,28)/b21-18-. The molecule has 0 aliphatic heterocycles. The number of hydrogen-bond donors (Lipinski definition) is 2. The lowest BCUT2D eigenvalue weighted by Gasteiger charge is -2.20. The van der Waals surface area contributed by atoms with Crippen LogP contribution in [0.5, 0.6) is 0 Å². The fourth-order valence-electron chi connectivity index (χ4n) is 3.65. The molecule has 28 heavy (non-hydrogen) atoms. The van der Waals surface area contributed by atoms with Crippen molar-refractivity contribution in [2.45, 2.75) is 50.6 Å². The van der Waals surface area contributed by atoms with Crippen LogP contribution in [0.2, 0.25) is 0 Å². The van der Waals surface area contributed by atoms with Crippen LogP contribution in [0, 0.1) is 11.3 Å². The molecule has 0 bridgehead atoms. The van der Waals surface area contributed by atoms with Crippen LogP contribution in [0.1, 0.15) is 55.7 Å². The van der Waals surface area contributed by atoms with E-state index in [1.54, 1.807) is 6.20 Å². The van der Waals surface area contributed by atoms with E-state index in [1.165, 1.54) is 25.7 Å². The molecule has 3 rings (SSSR count). The number of carbonyl (C=O) groups excluding carboxylic acids is 1. The van der Waals surface area contributed by atoms with Crippen LogP contribution >= 0.6 is 0 Å². The molecule has 1 aliphatic rings. The summed E-state index contributed by atoms with van der Waals surface area (Å²) in [6, 6.07) is 21.7. The van der Waals surface area contributed by atoms with Crippen molar-refractivity contribution in [3.63, 3.8) is 0 Å². The predicted molar refractivity (Wildman–Crippen MR) is 111 cm³/mol. The molecular formula is C24H27N3O.